The zero-order valence-electron chi connectivity index (χ0n) is 10.4. The molecule has 0 bridgehead atoms. The molecule has 0 aromatic heterocycles. The van der Waals surface area contributed by atoms with Gasteiger partial charge in [-0.1, -0.05) is 27.7 Å². The molecule has 3 unspecified atom stereocenters. The molecule has 1 heteroatoms. The first kappa shape index (κ1) is 12.4. The summed E-state index contributed by atoms with van der Waals surface area (Å²) >= 11 is 2.00. The van der Waals surface area contributed by atoms with Crippen LogP contribution < -0.4 is 0 Å². The zero-order chi connectivity index (χ0) is 10.7. The molecule has 0 aliphatic heterocycles. The number of rotatable bonds is 6. The van der Waals surface area contributed by atoms with E-state index in [1.54, 1.807) is 0 Å². The Balaban J connectivity index is 2.34. The van der Waals surface area contributed by atoms with Gasteiger partial charge in [0, 0.05) is 0 Å². The minimum Gasteiger partial charge on any atom is -0.165 e. The molecule has 3 atom stereocenters. The van der Waals surface area contributed by atoms with Gasteiger partial charge in [0.25, 0.3) is 0 Å². The molecule has 1 aliphatic rings. The van der Waals surface area contributed by atoms with E-state index in [-0.39, 0.29) is 0 Å². The van der Waals surface area contributed by atoms with Crippen molar-refractivity contribution in [3.05, 3.63) is 0 Å². The molecule has 1 rings (SSSR count). The first-order valence-corrected chi connectivity index (χ1v) is 7.46. The van der Waals surface area contributed by atoms with Crippen molar-refractivity contribution in [3.63, 3.8) is 0 Å². The molecule has 0 saturated heterocycles. The Labute approximate surface area is 94.2 Å². The molecule has 1 aliphatic carbocycles. The number of thioether (sulfide) groups is 1. The molecule has 0 heterocycles. The van der Waals surface area contributed by atoms with Crippen LogP contribution in [0.4, 0.5) is 0 Å². The highest BCUT2D eigenvalue weighted by atomic mass is 32.2. The third-order valence-corrected chi connectivity index (χ3v) is 4.21. The van der Waals surface area contributed by atoms with Crippen LogP contribution in [0.1, 0.15) is 40.5 Å². The number of hydrogen-bond donors (Lipinski definition) is 0. The second-order valence-corrected chi connectivity index (χ2v) is 6.55. The van der Waals surface area contributed by atoms with Gasteiger partial charge in [-0.25, -0.2) is 0 Å². The van der Waals surface area contributed by atoms with Crippen LogP contribution in [0.5, 0.6) is 0 Å². The maximum absolute atomic E-state index is 2.40. The predicted octanol–water partition coefficient (Wildman–Crippen LogP) is 4.30. The SMILES string of the molecule is CSCCC1C(CC(C)C)C1C(C)C. The average Bonchev–Trinajstić information content (AvgIpc) is 2.73. The first-order valence-electron chi connectivity index (χ1n) is 6.06. The maximum Gasteiger partial charge on any atom is -0.00675 e. The van der Waals surface area contributed by atoms with Crippen LogP contribution >= 0.6 is 11.8 Å². The lowest BCUT2D eigenvalue weighted by molar-refractivity contribution is 0.457. The van der Waals surface area contributed by atoms with Crippen molar-refractivity contribution < 1.29 is 0 Å². The highest BCUT2D eigenvalue weighted by molar-refractivity contribution is 7.98. The van der Waals surface area contributed by atoms with Gasteiger partial charge in [0.15, 0.2) is 0 Å². The van der Waals surface area contributed by atoms with Gasteiger partial charge < -0.3 is 0 Å². The monoisotopic (exact) mass is 214 g/mol. The molecule has 84 valence electrons. The molecule has 0 N–H and O–H groups in total. The molecule has 1 fully saturated rings. The zero-order valence-corrected chi connectivity index (χ0v) is 11.2. The van der Waals surface area contributed by atoms with E-state index >= 15 is 0 Å². The lowest BCUT2D eigenvalue weighted by Gasteiger charge is -2.04. The molecular weight excluding hydrogens is 188 g/mol. The predicted molar refractivity (Wildman–Crippen MR) is 67.8 cm³/mol. The van der Waals surface area contributed by atoms with Gasteiger partial charge in [0.2, 0.25) is 0 Å². The van der Waals surface area contributed by atoms with Crippen molar-refractivity contribution in [2.24, 2.45) is 29.6 Å². The Hall–Kier alpha value is 0.350. The summed E-state index contributed by atoms with van der Waals surface area (Å²) in [5.41, 5.74) is 0. The molecule has 0 aromatic carbocycles. The third-order valence-electron chi connectivity index (χ3n) is 3.57. The van der Waals surface area contributed by atoms with E-state index in [9.17, 15) is 0 Å². The van der Waals surface area contributed by atoms with Gasteiger partial charge >= 0.3 is 0 Å². The van der Waals surface area contributed by atoms with E-state index in [0.29, 0.717) is 0 Å². The number of hydrogen-bond acceptors (Lipinski definition) is 1. The fraction of sp³-hybridized carbons (Fsp3) is 1.00. The Bertz CT molecular complexity index is 163. The van der Waals surface area contributed by atoms with Crippen LogP contribution in [0.3, 0.4) is 0 Å². The Kier molecular flexibility index (Phi) is 4.82. The lowest BCUT2D eigenvalue weighted by Crippen LogP contribution is -1.96. The first-order chi connectivity index (χ1) is 6.57. The molecule has 14 heavy (non-hydrogen) atoms. The average molecular weight is 214 g/mol. The summed E-state index contributed by atoms with van der Waals surface area (Å²) in [6, 6.07) is 0. The fourth-order valence-electron chi connectivity index (χ4n) is 3.00. The summed E-state index contributed by atoms with van der Waals surface area (Å²) < 4.78 is 0. The van der Waals surface area contributed by atoms with Crippen molar-refractivity contribution in [3.8, 4) is 0 Å². The molecule has 0 nitrogen and oxygen atoms in total. The third kappa shape index (κ3) is 3.18. The van der Waals surface area contributed by atoms with Gasteiger partial charge in [0.05, 0.1) is 0 Å². The van der Waals surface area contributed by atoms with E-state index in [2.05, 4.69) is 34.0 Å². The van der Waals surface area contributed by atoms with Gasteiger partial charge in [-0.2, -0.15) is 11.8 Å². The van der Waals surface area contributed by atoms with Crippen LogP contribution in [0.15, 0.2) is 0 Å². The largest absolute Gasteiger partial charge is 0.165 e. The lowest BCUT2D eigenvalue weighted by atomic mass is 10.0. The van der Waals surface area contributed by atoms with Crippen LogP contribution in [0.2, 0.25) is 0 Å². The minimum atomic E-state index is 0.889. The quantitative estimate of drug-likeness (QED) is 0.635. The maximum atomic E-state index is 2.40. The minimum absolute atomic E-state index is 0.889. The van der Waals surface area contributed by atoms with Crippen molar-refractivity contribution in [1.82, 2.24) is 0 Å². The summed E-state index contributed by atoms with van der Waals surface area (Å²) in [4.78, 5) is 0. The van der Waals surface area contributed by atoms with E-state index < -0.39 is 0 Å². The molecule has 0 spiro atoms. The van der Waals surface area contributed by atoms with E-state index in [1.807, 2.05) is 11.8 Å². The Morgan fingerprint density at radius 2 is 1.71 bits per heavy atom. The highest BCUT2D eigenvalue weighted by Crippen LogP contribution is 2.56. The molecule has 0 aromatic rings. The van der Waals surface area contributed by atoms with Crippen molar-refractivity contribution in [2.45, 2.75) is 40.5 Å². The summed E-state index contributed by atoms with van der Waals surface area (Å²) in [7, 11) is 0. The van der Waals surface area contributed by atoms with Gasteiger partial charge in [-0.05, 0) is 54.4 Å². The normalized spacial score (nSPS) is 31.5. The van der Waals surface area contributed by atoms with Crippen molar-refractivity contribution in [1.29, 1.82) is 0 Å². The van der Waals surface area contributed by atoms with Crippen molar-refractivity contribution >= 4 is 11.8 Å². The summed E-state index contributed by atoms with van der Waals surface area (Å²) in [6.07, 6.45) is 5.15. The standard InChI is InChI=1S/C13H26S/c1-9(2)8-12-11(6-7-14-5)13(12)10(3)4/h9-13H,6-8H2,1-5H3. The fourth-order valence-corrected chi connectivity index (χ4v) is 3.51. The Morgan fingerprint density at radius 1 is 1.07 bits per heavy atom. The van der Waals surface area contributed by atoms with Crippen LogP contribution in [-0.2, 0) is 0 Å². The van der Waals surface area contributed by atoms with Gasteiger partial charge in [-0.15, -0.1) is 0 Å². The second kappa shape index (κ2) is 5.44. The summed E-state index contributed by atoms with van der Waals surface area (Å²) in [5, 5.41) is 0. The van der Waals surface area contributed by atoms with E-state index in [1.165, 1.54) is 18.6 Å². The smallest absolute Gasteiger partial charge is 0.00675 e. The highest BCUT2D eigenvalue weighted by Gasteiger charge is 2.49. The van der Waals surface area contributed by atoms with Crippen molar-refractivity contribution in [2.75, 3.05) is 12.0 Å². The molecular formula is C13H26S. The van der Waals surface area contributed by atoms with Crippen LogP contribution in [-0.4, -0.2) is 12.0 Å². The van der Waals surface area contributed by atoms with Crippen LogP contribution in [0.25, 0.3) is 0 Å². The van der Waals surface area contributed by atoms with Crippen LogP contribution in [0, 0.1) is 29.6 Å². The second-order valence-electron chi connectivity index (χ2n) is 5.56. The summed E-state index contributed by atoms with van der Waals surface area (Å²) in [6.45, 7) is 9.52. The van der Waals surface area contributed by atoms with Gasteiger partial charge in [0.1, 0.15) is 0 Å². The van der Waals surface area contributed by atoms with E-state index in [4.69, 9.17) is 0 Å². The topological polar surface area (TPSA) is 0 Å². The van der Waals surface area contributed by atoms with E-state index in [0.717, 1.165) is 29.6 Å². The molecule has 0 amide bonds. The summed E-state index contributed by atoms with van der Waals surface area (Å²) in [5.74, 6) is 6.32. The molecule has 0 radical (unpaired) electrons. The Morgan fingerprint density at radius 3 is 2.14 bits per heavy atom. The molecule has 1 saturated carbocycles. The van der Waals surface area contributed by atoms with Gasteiger partial charge in [-0.3, -0.25) is 0 Å².